The van der Waals surface area contributed by atoms with E-state index in [9.17, 15) is 9.59 Å². The number of hydrogen-bond donors (Lipinski definition) is 3. The molecule has 4 N–H and O–H groups in total. The molecule has 1 amide bonds. The van der Waals surface area contributed by atoms with Crippen molar-refractivity contribution < 1.29 is 14.7 Å². The number of nitrogens with two attached hydrogens (primary N) is 1. The fourth-order valence-corrected chi connectivity index (χ4v) is 3.04. The molecule has 7 heteroatoms. The maximum Gasteiger partial charge on any atom is 0.314 e. The molecule has 0 aliphatic heterocycles. The molecule has 0 saturated carbocycles. The molecule has 0 aliphatic carbocycles. The van der Waals surface area contributed by atoms with Crippen LogP contribution in [0.2, 0.25) is 0 Å². The Kier molecular flexibility index (Phi) is 13.7. The van der Waals surface area contributed by atoms with Gasteiger partial charge < -0.3 is 16.2 Å². The molecule has 0 saturated heterocycles. The van der Waals surface area contributed by atoms with Crippen molar-refractivity contribution >= 4 is 33.5 Å². The van der Waals surface area contributed by atoms with E-state index in [-0.39, 0.29) is 11.7 Å². The smallest absolute Gasteiger partial charge is 0.314 e. The summed E-state index contributed by atoms with van der Waals surface area (Å²) in [5, 5.41) is 11.2. The Morgan fingerprint density at radius 1 is 0.947 bits per heavy atom. The quantitative estimate of drug-likeness (QED) is 0.355. The van der Waals surface area contributed by atoms with E-state index >= 15 is 0 Å². The second kappa shape index (κ2) is 14.0. The van der Waals surface area contributed by atoms with Gasteiger partial charge >= 0.3 is 5.97 Å². The van der Waals surface area contributed by atoms with Gasteiger partial charge in [0, 0.05) is 6.54 Å². The first-order chi connectivity index (χ1) is 9.16. The first-order valence-electron chi connectivity index (χ1n) is 6.59. The van der Waals surface area contributed by atoms with E-state index in [1.165, 1.54) is 40.9 Å². The normalized spacial score (nSPS) is 10.4. The number of carboxylic acids is 1. The number of carbonyl (C=O) groups is 2. The third-order valence-electron chi connectivity index (χ3n) is 2.41. The van der Waals surface area contributed by atoms with Crippen LogP contribution in [0.3, 0.4) is 0 Å². The van der Waals surface area contributed by atoms with Gasteiger partial charge in [0.2, 0.25) is 5.91 Å². The summed E-state index contributed by atoms with van der Waals surface area (Å²) in [4.78, 5) is 21.6. The Morgan fingerprint density at radius 2 is 1.53 bits per heavy atom. The molecule has 5 nitrogen and oxygen atoms in total. The molecular weight excluding hydrogens is 284 g/mol. The molecular formula is C12H24N2O3S2. The highest BCUT2D eigenvalue weighted by Crippen LogP contribution is 2.19. The van der Waals surface area contributed by atoms with Crippen molar-refractivity contribution in [2.24, 2.45) is 5.73 Å². The summed E-state index contributed by atoms with van der Waals surface area (Å²) < 4.78 is 0. The van der Waals surface area contributed by atoms with E-state index in [0.29, 0.717) is 12.3 Å². The molecule has 0 spiro atoms. The Hall–Kier alpha value is -0.400. The summed E-state index contributed by atoms with van der Waals surface area (Å²) in [7, 11) is 2.47. The molecule has 19 heavy (non-hydrogen) atoms. The van der Waals surface area contributed by atoms with Crippen molar-refractivity contribution in [3.05, 3.63) is 0 Å². The van der Waals surface area contributed by atoms with Gasteiger partial charge in [-0.3, -0.25) is 9.59 Å². The summed E-state index contributed by atoms with van der Waals surface area (Å²) in [6.07, 6.45) is 6.83. The lowest BCUT2D eigenvalue weighted by Gasteiger charge is -2.04. The molecule has 0 aliphatic rings. The highest BCUT2D eigenvalue weighted by molar-refractivity contribution is 8.77. The second-order valence-corrected chi connectivity index (χ2v) is 6.64. The zero-order valence-electron chi connectivity index (χ0n) is 11.2. The lowest BCUT2D eigenvalue weighted by molar-refractivity contribution is -0.133. The van der Waals surface area contributed by atoms with Crippen molar-refractivity contribution in [3.63, 3.8) is 0 Å². The molecule has 0 bridgehead atoms. The van der Waals surface area contributed by atoms with Gasteiger partial charge in [0.15, 0.2) is 0 Å². The zero-order valence-corrected chi connectivity index (χ0v) is 12.9. The second-order valence-electron chi connectivity index (χ2n) is 4.18. The molecule has 0 aromatic carbocycles. The molecule has 0 fully saturated rings. The first kappa shape index (κ1) is 18.6. The monoisotopic (exact) mass is 308 g/mol. The Balaban J connectivity index is 3.18. The molecule has 0 heterocycles. The zero-order chi connectivity index (χ0) is 14.3. The summed E-state index contributed by atoms with van der Waals surface area (Å²) in [6.45, 7) is 1.48. The van der Waals surface area contributed by atoms with Crippen LogP contribution in [0.4, 0.5) is 0 Å². The van der Waals surface area contributed by atoms with Crippen LogP contribution in [0.5, 0.6) is 0 Å². The van der Waals surface area contributed by atoms with Gasteiger partial charge in [0.05, 0.1) is 5.75 Å². The lowest BCUT2D eigenvalue weighted by Crippen LogP contribution is -2.25. The molecule has 0 atom stereocenters. The van der Waals surface area contributed by atoms with E-state index in [1.54, 1.807) is 0 Å². The number of rotatable bonds is 13. The number of carbonyl (C=O) groups excluding carboxylic acids is 1. The van der Waals surface area contributed by atoms with Crippen molar-refractivity contribution in [3.8, 4) is 0 Å². The fourth-order valence-electron chi connectivity index (χ4n) is 1.44. The summed E-state index contributed by atoms with van der Waals surface area (Å²) in [5.41, 5.74) is 5.41. The highest BCUT2D eigenvalue weighted by atomic mass is 33.1. The Morgan fingerprint density at radius 3 is 2.16 bits per heavy atom. The summed E-state index contributed by atoms with van der Waals surface area (Å²) >= 11 is 0. The Labute approximate surface area is 122 Å². The fraction of sp³-hybridized carbons (Fsp3) is 0.833. The summed E-state index contributed by atoms with van der Waals surface area (Å²) in [5.74, 6) is -0.534. The van der Waals surface area contributed by atoms with Gasteiger partial charge in [-0.25, -0.2) is 0 Å². The van der Waals surface area contributed by atoms with Crippen molar-refractivity contribution in [1.82, 2.24) is 5.32 Å². The van der Waals surface area contributed by atoms with Crippen LogP contribution in [0.1, 0.15) is 38.5 Å². The van der Waals surface area contributed by atoms with Crippen molar-refractivity contribution in [2.45, 2.75) is 38.5 Å². The van der Waals surface area contributed by atoms with Crippen molar-refractivity contribution in [1.29, 1.82) is 0 Å². The van der Waals surface area contributed by atoms with Gasteiger partial charge in [-0.2, -0.15) is 0 Å². The van der Waals surface area contributed by atoms with Crippen LogP contribution in [0.15, 0.2) is 0 Å². The average Bonchev–Trinajstić information content (AvgIpc) is 2.37. The lowest BCUT2D eigenvalue weighted by atomic mass is 10.1. The molecule has 0 rings (SSSR count). The van der Waals surface area contributed by atoms with Gasteiger partial charge in [-0.1, -0.05) is 47.3 Å². The molecule has 0 aromatic heterocycles. The predicted octanol–water partition coefficient (Wildman–Crippen LogP) is 1.87. The number of aliphatic carboxylic acids is 1. The standard InChI is InChI=1S/C12H24N2O3S2/c13-7-5-3-1-2-4-6-8-14-11(15)9-18-19-10-12(16)17/h1-10,13H2,(H,14,15)(H,16,17). The number of nitrogens with one attached hydrogen (secondary N) is 1. The van der Waals surface area contributed by atoms with Gasteiger partial charge in [0.25, 0.3) is 0 Å². The minimum absolute atomic E-state index is 0.0222. The maximum atomic E-state index is 11.4. The third kappa shape index (κ3) is 15.5. The number of hydrogen-bond acceptors (Lipinski definition) is 5. The number of amides is 1. The van der Waals surface area contributed by atoms with Crippen LogP contribution in [0, 0.1) is 0 Å². The third-order valence-corrected chi connectivity index (χ3v) is 4.53. The topological polar surface area (TPSA) is 92.4 Å². The maximum absolute atomic E-state index is 11.4. The van der Waals surface area contributed by atoms with Gasteiger partial charge in [-0.15, -0.1) is 0 Å². The highest BCUT2D eigenvalue weighted by Gasteiger charge is 2.03. The minimum Gasteiger partial charge on any atom is -0.481 e. The van der Waals surface area contributed by atoms with Gasteiger partial charge in [0.1, 0.15) is 5.75 Å². The minimum atomic E-state index is -0.854. The van der Waals surface area contributed by atoms with Crippen molar-refractivity contribution in [2.75, 3.05) is 24.6 Å². The van der Waals surface area contributed by atoms with E-state index in [4.69, 9.17) is 10.8 Å². The number of unbranched alkanes of at least 4 members (excludes halogenated alkanes) is 5. The molecule has 0 radical (unpaired) electrons. The van der Waals surface area contributed by atoms with Crippen LogP contribution < -0.4 is 11.1 Å². The SMILES string of the molecule is NCCCCCCCCNC(=O)CSSCC(=O)O. The van der Waals surface area contributed by atoms with E-state index < -0.39 is 5.97 Å². The van der Waals surface area contributed by atoms with Gasteiger partial charge in [-0.05, 0) is 19.4 Å². The molecule has 0 unspecified atom stereocenters. The van der Waals surface area contributed by atoms with Crippen LogP contribution in [0.25, 0.3) is 0 Å². The number of carboxylic acid groups (broad SMARTS) is 1. The van der Waals surface area contributed by atoms with E-state index in [0.717, 1.165) is 25.8 Å². The predicted molar refractivity (Wildman–Crippen MR) is 82.3 cm³/mol. The van der Waals surface area contributed by atoms with E-state index in [1.807, 2.05) is 0 Å². The largest absolute Gasteiger partial charge is 0.481 e. The first-order valence-corrected chi connectivity index (χ1v) is 9.08. The summed E-state index contributed by atoms with van der Waals surface area (Å²) in [6, 6.07) is 0. The average molecular weight is 308 g/mol. The van der Waals surface area contributed by atoms with Crippen LogP contribution >= 0.6 is 21.6 Å². The Bertz CT molecular complexity index is 253. The molecule has 0 aromatic rings. The van der Waals surface area contributed by atoms with E-state index in [2.05, 4.69) is 5.32 Å². The van der Waals surface area contributed by atoms with Crippen LogP contribution in [-0.2, 0) is 9.59 Å². The van der Waals surface area contributed by atoms with Crippen LogP contribution in [-0.4, -0.2) is 41.6 Å². The molecule has 112 valence electrons.